The van der Waals surface area contributed by atoms with Gasteiger partial charge in [-0.1, -0.05) is 47.5 Å². The van der Waals surface area contributed by atoms with Crippen LogP contribution in [0, 0.1) is 33.5 Å². The summed E-state index contributed by atoms with van der Waals surface area (Å²) in [4.78, 5) is 13.0. The number of hydrogen-bond acceptors (Lipinski definition) is 4. The normalized spacial score (nSPS) is 11.6. The Labute approximate surface area is 232 Å². The van der Waals surface area contributed by atoms with Gasteiger partial charge in [0.1, 0.15) is 12.4 Å². The number of carbonyl (C=O) groups excluding carboxylic acids is 1. The molecule has 0 spiro atoms. The van der Waals surface area contributed by atoms with Crippen LogP contribution < -0.4 is 9.73 Å². The van der Waals surface area contributed by atoms with Gasteiger partial charge in [0.15, 0.2) is 0 Å². The molecule has 1 heterocycles. The van der Waals surface area contributed by atoms with Gasteiger partial charge in [-0.3, -0.25) is 9.10 Å². The van der Waals surface area contributed by atoms with Crippen LogP contribution in [0.3, 0.4) is 0 Å². The first-order chi connectivity index (χ1) is 18.5. The number of amides is 1. The number of halogens is 2. The zero-order chi connectivity index (χ0) is 28.3. The molecule has 39 heavy (non-hydrogen) atoms. The van der Waals surface area contributed by atoms with E-state index in [1.165, 1.54) is 30.5 Å². The number of hydrogen-bond donors (Lipinski definition) is 1. The Bertz CT molecular complexity index is 1660. The van der Waals surface area contributed by atoms with Gasteiger partial charge >= 0.3 is 0 Å². The molecule has 10 heteroatoms. The van der Waals surface area contributed by atoms with Gasteiger partial charge in [0.25, 0.3) is 15.9 Å². The Morgan fingerprint density at radius 1 is 1.03 bits per heavy atom. The van der Waals surface area contributed by atoms with E-state index < -0.39 is 22.5 Å². The lowest BCUT2D eigenvalue weighted by atomic mass is 10.2. The Hall–Kier alpha value is -3.95. The van der Waals surface area contributed by atoms with Crippen LogP contribution in [-0.2, 0) is 14.8 Å². The number of para-hydroxylation sites is 1. The molecule has 1 aromatic heterocycles. The first-order valence-corrected chi connectivity index (χ1v) is 13.9. The average Bonchev–Trinajstić information content (AvgIpc) is 3.17. The monoisotopic (exact) mass is 566 g/mol. The summed E-state index contributed by atoms with van der Waals surface area (Å²) in [5.74, 6) is -1.01. The second kappa shape index (κ2) is 11.4. The molecule has 0 aliphatic carbocycles. The minimum absolute atomic E-state index is 0.0457. The fraction of sp³-hybridized carbons (Fsp3) is 0.172. The number of carbonyl (C=O) groups is 1. The predicted octanol–water partition coefficient (Wildman–Crippen LogP) is 5.85. The fourth-order valence-electron chi connectivity index (χ4n) is 4.25. The number of nitrogens with zero attached hydrogens (tertiary/aromatic N) is 3. The van der Waals surface area contributed by atoms with E-state index in [4.69, 9.17) is 11.6 Å². The zero-order valence-electron chi connectivity index (χ0n) is 21.9. The van der Waals surface area contributed by atoms with Crippen LogP contribution in [0.2, 0.25) is 5.02 Å². The maximum absolute atomic E-state index is 14.4. The molecule has 0 atom stereocenters. The number of nitrogens with one attached hydrogen (secondary N) is 1. The highest BCUT2D eigenvalue weighted by Gasteiger charge is 2.28. The molecule has 0 aliphatic rings. The van der Waals surface area contributed by atoms with Gasteiger partial charge in [-0.2, -0.15) is 5.10 Å². The van der Waals surface area contributed by atoms with Gasteiger partial charge in [0.05, 0.1) is 22.5 Å². The fourth-order valence-corrected chi connectivity index (χ4v) is 5.89. The van der Waals surface area contributed by atoms with Crippen molar-refractivity contribution in [3.05, 3.63) is 112 Å². The smallest absolute Gasteiger partial charge is 0.264 e. The maximum Gasteiger partial charge on any atom is 0.264 e. The van der Waals surface area contributed by atoms with Gasteiger partial charge < -0.3 is 4.57 Å². The summed E-state index contributed by atoms with van der Waals surface area (Å²) in [5.41, 5.74) is 6.83. The Balaban J connectivity index is 1.59. The third-order valence-electron chi connectivity index (χ3n) is 6.29. The molecule has 0 radical (unpaired) electrons. The van der Waals surface area contributed by atoms with Crippen LogP contribution in [0.25, 0.3) is 5.69 Å². The van der Waals surface area contributed by atoms with Crippen LogP contribution in [0.15, 0.2) is 82.8 Å². The molecule has 0 aliphatic heterocycles. The topological polar surface area (TPSA) is 83.8 Å². The van der Waals surface area contributed by atoms with Crippen LogP contribution in [-0.4, -0.2) is 31.7 Å². The number of anilines is 1. The number of aromatic nitrogens is 1. The summed E-state index contributed by atoms with van der Waals surface area (Å²) >= 11 is 6.18. The van der Waals surface area contributed by atoms with E-state index in [1.54, 1.807) is 54.0 Å². The van der Waals surface area contributed by atoms with E-state index in [1.807, 2.05) is 26.8 Å². The van der Waals surface area contributed by atoms with Gasteiger partial charge in [0, 0.05) is 22.0 Å². The van der Waals surface area contributed by atoms with Crippen molar-refractivity contribution in [1.29, 1.82) is 0 Å². The van der Waals surface area contributed by atoms with E-state index in [9.17, 15) is 17.6 Å². The van der Waals surface area contributed by atoms with Crippen molar-refractivity contribution >= 4 is 39.4 Å². The van der Waals surface area contributed by atoms with Crippen molar-refractivity contribution in [2.45, 2.75) is 32.6 Å². The second-order valence-electron chi connectivity index (χ2n) is 9.16. The summed E-state index contributed by atoms with van der Waals surface area (Å²) in [6.45, 7) is 6.74. The van der Waals surface area contributed by atoms with Crippen molar-refractivity contribution in [2.75, 3.05) is 10.8 Å². The van der Waals surface area contributed by atoms with E-state index >= 15 is 0 Å². The molecule has 0 fully saturated rings. The summed E-state index contributed by atoms with van der Waals surface area (Å²) in [6.07, 6.45) is 1.45. The van der Waals surface area contributed by atoms with Gasteiger partial charge in [-0.15, -0.1) is 0 Å². The summed E-state index contributed by atoms with van der Waals surface area (Å²) in [5, 5.41) is 4.38. The molecular weight excluding hydrogens is 539 g/mol. The van der Waals surface area contributed by atoms with Crippen LogP contribution >= 0.6 is 11.6 Å². The Morgan fingerprint density at radius 3 is 2.41 bits per heavy atom. The SMILES string of the molecule is Cc1ccc(S(=O)(=O)N(CC(=O)N/N=C\c2cc(C)n(-c3ccccc3F)c2C)c2cc(Cl)ccc2C)cc1. The predicted molar refractivity (Wildman–Crippen MR) is 153 cm³/mol. The molecule has 3 aromatic carbocycles. The van der Waals surface area contributed by atoms with Crippen LogP contribution in [0.1, 0.15) is 28.1 Å². The average molecular weight is 567 g/mol. The molecule has 0 unspecified atom stereocenters. The lowest BCUT2D eigenvalue weighted by Gasteiger charge is -2.25. The van der Waals surface area contributed by atoms with E-state index in [-0.39, 0.29) is 16.4 Å². The van der Waals surface area contributed by atoms with E-state index in [0.717, 1.165) is 21.3 Å². The quantitative estimate of drug-likeness (QED) is 0.214. The minimum atomic E-state index is -4.10. The van der Waals surface area contributed by atoms with E-state index in [2.05, 4.69) is 10.5 Å². The molecule has 0 saturated carbocycles. The largest absolute Gasteiger partial charge is 0.315 e. The molecular formula is C29H28ClFN4O3S. The lowest BCUT2D eigenvalue weighted by Crippen LogP contribution is -2.40. The Kier molecular flexibility index (Phi) is 8.22. The number of aryl methyl sites for hydroxylation is 3. The zero-order valence-corrected chi connectivity index (χ0v) is 23.5. The van der Waals surface area contributed by atoms with Crippen LogP contribution in [0.5, 0.6) is 0 Å². The molecule has 4 aromatic rings. The highest BCUT2D eigenvalue weighted by Crippen LogP contribution is 2.29. The highest BCUT2D eigenvalue weighted by atomic mass is 35.5. The van der Waals surface area contributed by atoms with Crippen molar-refractivity contribution in [3.8, 4) is 5.69 Å². The van der Waals surface area contributed by atoms with Gasteiger partial charge in [-0.05, 0) is 75.7 Å². The van der Waals surface area contributed by atoms with Crippen molar-refractivity contribution in [1.82, 2.24) is 9.99 Å². The Morgan fingerprint density at radius 2 is 1.72 bits per heavy atom. The first-order valence-electron chi connectivity index (χ1n) is 12.1. The summed E-state index contributed by atoms with van der Waals surface area (Å²) < 4.78 is 44.4. The number of sulfonamides is 1. The first kappa shape index (κ1) is 28.1. The van der Waals surface area contributed by atoms with Crippen molar-refractivity contribution < 1.29 is 17.6 Å². The highest BCUT2D eigenvalue weighted by molar-refractivity contribution is 7.92. The molecule has 1 amide bonds. The third kappa shape index (κ3) is 6.05. The molecule has 0 bridgehead atoms. The standard InChI is InChI=1S/C29H28ClFN4O3S/c1-19-9-13-25(14-10-19)39(37,38)34(28-16-24(30)12-11-20(28)2)18-29(36)33-32-17-23-15-21(3)35(22(23)4)27-8-6-5-7-26(27)31/h5-17H,18H2,1-4H3,(H,33,36)/b32-17-. The van der Waals surface area contributed by atoms with E-state index in [0.29, 0.717) is 21.8 Å². The second-order valence-corrected chi connectivity index (χ2v) is 11.5. The molecule has 4 rings (SSSR count). The maximum atomic E-state index is 14.4. The van der Waals surface area contributed by atoms with Crippen molar-refractivity contribution in [2.24, 2.45) is 5.10 Å². The molecule has 7 nitrogen and oxygen atoms in total. The van der Waals surface area contributed by atoms with Crippen molar-refractivity contribution in [3.63, 3.8) is 0 Å². The molecule has 0 saturated heterocycles. The number of benzene rings is 3. The number of rotatable bonds is 8. The minimum Gasteiger partial charge on any atom is -0.315 e. The molecule has 1 N–H and O–H groups in total. The number of hydrazone groups is 1. The summed E-state index contributed by atoms with van der Waals surface area (Å²) in [7, 11) is -4.10. The summed E-state index contributed by atoms with van der Waals surface area (Å²) in [6, 6.07) is 19.5. The third-order valence-corrected chi connectivity index (χ3v) is 8.30. The van der Waals surface area contributed by atoms with Crippen LogP contribution in [0.4, 0.5) is 10.1 Å². The van der Waals surface area contributed by atoms with Gasteiger partial charge in [-0.25, -0.2) is 18.2 Å². The molecule has 202 valence electrons. The van der Waals surface area contributed by atoms with Gasteiger partial charge in [0.2, 0.25) is 0 Å². The lowest BCUT2D eigenvalue weighted by molar-refractivity contribution is -0.119.